The summed E-state index contributed by atoms with van der Waals surface area (Å²) in [5.74, 6) is 0.774. The topological polar surface area (TPSA) is 50.4 Å². The molecular formula is C17H26N2O2. The van der Waals surface area contributed by atoms with E-state index in [0.717, 1.165) is 17.3 Å². The molecule has 0 aromatic heterocycles. The highest BCUT2D eigenvalue weighted by Gasteiger charge is 2.19. The minimum absolute atomic E-state index is 0.379. The van der Waals surface area contributed by atoms with Crippen LogP contribution in [0, 0.1) is 5.92 Å². The van der Waals surface area contributed by atoms with Crippen molar-refractivity contribution in [1.29, 1.82) is 0 Å². The van der Waals surface area contributed by atoms with E-state index in [9.17, 15) is 4.79 Å². The molecule has 1 unspecified atom stereocenters. The first-order chi connectivity index (χ1) is 10.2. The van der Waals surface area contributed by atoms with Crippen molar-refractivity contribution < 1.29 is 9.53 Å². The van der Waals surface area contributed by atoms with Gasteiger partial charge < -0.3 is 10.1 Å². The maximum absolute atomic E-state index is 11.3. The largest absolute Gasteiger partial charge is 0.450 e. The Hall–Kier alpha value is -1.71. The number of ether oxygens (including phenoxy) is 1. The minimum Gasteiger partial charge on any atom is -0.450 e. The molecule has 1 aromatic carbocycles. The standard InChI is InChI=1S/C17H26N2O2/c1-3-21-17(20)19-16-11-9-15(10-12-16)18-13(2)14-7-5-4-6-8-14/h9-14,18H,3-8H2,1-2H3,(H,19,20). The highest BCUT2D eigenvalue weighted by Crippen LogP contribution is 2.28. The molecule has 0 radical (unpaired) electrons. The zero-order chi connectivity index (χ0) is 15.1. The zero-order valence-electron chi connectivity index (χ0n) is 13.0. The van der Waals surface area contributed by atoms with Crippen molar-refractivity contribution in [2.24, 2.45) is 5.92 Å². The minimum atomic E-state index is -0.409. The van der Waals surface area contributed by atoms with Crippen LogP contribution in [0.15, 0.2) is 24.3 Å². The van der Waals surface area contributed by atoms with Gasteiger partial charge in [0.2, 0.25) is 0 Å². The number of rotatable bonds is 5. The van der Waals surface area contributed by atoms with Crippen LogP contribution in [0.25, 0.3) is 0 Å². The molecule has 21 heavy (non-hydrogen) atoms. The summed E-state index contributed by atoms with van der Waals surface area (Å²) in [5.41, 5.74) is 1.85. The highest BCUT2D eigenvalue weighted by molar-refractivity contribution is 5.84. The Labute approximate surface area is 127 Å². The van der Waals surface area contributed by atoms with Crippen LogP contribution >= 0.6 is 0 Å². The molecule has 1 saturated carbocycles. The summed E-state index contributed by atoms with van der Waals surface area (Å²) in [7, 11) is 0. The summed E-state index contributed by atoms with van der Waals surface area (Å²) in [6, 6.07) is 8.29. The lowest BCUT2D eigenvalue weighted by Gasteiger charge is -2.29. The number of nitrogens with one attached hydrogen (secondary N) is 2. The average Bonchev–Trinajstić information content (AvgIpc) is 2.50. The smallest absolute Gasteiger partial charge is 0.411 e. The van der Waals surface area contributed by atoms with Gasteiger partial charge in [-0.25, -0.2) is 4.79 Å². The second-order valence-electron chi connectivity index (χ2n) is 5.75. The van der Waals surface area contributed by atoms with Crippen molar-refractivity contribution in [2.75, 3.05) is 17.2 Å². The normalized spacial score (nSPS) is 17.0. The van der Waals surface area contributed by atoms with Gasteiger partial charge >= 0.3 is 6.09 Å². The van der Waals surface area contributed by atoms with Crippen LogP contribution in [0.4, 0.5) is 16.2 Å². The number of hydrogen-bond acceptors (Lipinski definition) is 3. The van der Waals surface area contributed by atoms with Gasteiger partial charge in [0.25, 0.3) is 0 Å². The van der Waals surface area contributed by atoms with Crippen molar-refractivity contribution in [3.63, 3.8) is 0 Å². The summed E-state index contributed by atoms with van der Waals surface area (Å²) < 4.78 is 4.85. The lowest BCUT2D eigenvalue weighted by Crippen LogP contribution is -2.27. The molecule has 0 aliphatic heterocycles. The molecule has 0 spiro atoms. The number of carbonyl (C=O) groups is 1. The third-order valence-electron chi connectivity index (χ3n) is 4.16. The fourth-order valence-electron chi connectivity index (χ4n) is 2.95. The molecule has 2 rings (SSSR count). The maximum Gasteiger partial charge on any atom is 0.411 e. The van der Waals surface area contributed by atoms with E-state index in [2.05, 4.69) is 17.6 Å². The van der Waals surface area contributed by atoms with Crippen LogP contribution < -0.4 is 10.6 Å². The number of carbonyl (C=O) groups excluding carboxylic acids is 1. The molecule has 1 fully saturated rings. The molecule has 116 valence electrons. The van der Waals surface area contributed by atoms with Gasteiger partial charge in [-0.1, -0.05) is 19.3 Å². The Bertz CT molecular complexity index is 439. The summed E-state index contributed by atoms with van der Waals surface area (Å²) >= 11 is 0. The van der Waals surface area contributed by atoms with E-state index >= 15 is 0 Å². The van der Waals surface area contributed by atoms with Gasteiger partial charge in [0.1, 0.15) is 0 Å². The van der Waals surface area contributed by atoms with E-state index in [1.807, 2.05) is 24.3 Å². The summed E-state index contributed by atoms with van der Waals surface area (Å²) in [6.45, 7) is 4.43. The molecule has 0 heterocycles. The van der Waals surface area contributed by atoms with Crippen molar-refractivity contribution in [3.8, 4) is 0 Å². The molecule has 1 aliphatic carbocycles. The fourth-order valence-corrected chi connectivity index (χ4v) is 2.95. The SMILES string of the molecule is CCOC(=O)Nc1ccc(NC(C)C2CCCCC2)cc1. The van der Waals surface area contributed by atoms with Crippen LogP contribution in [-0.2, 0) is 4.74 Å². The summed E-state index contributed by atoms with van der Waals surface area (Å²) in [6.07, 6.45) is 6.36. The van der Waals surface area contributed by atoms with E-state index in [-0.39, 0.29) is 0 Å². The monoisotopic (exact) mass is 290 g/mol. The first-order valence-electron chi connectivity index (χ1n) is 7.99. The lowest BCUT2D eigenvalue weighted by atomic mass is 9.84. The molecule has 1 atom stereocenters. The molecule has 0 bridgehead atoms. The molecule has 2 N–H and O–H groups in total. The lowest BCUT2D eigenvalue weighted by molar-refractivity contribution is 0.168. The third kappa shape index (κ3) is 4.96. The van der Waals surface area contributed by atoms with Gasteiger partial charge in [0.05, 0.1) is 6.61 Å². The predicted molar refractivity (Wildman–Crippen MR) is 86.7 cm³/mol. The van der Waals surface area contributed by atoms with Crippen LogP contribution in [0.2, 0.25) is 0 Å². The average molecular weight is 290 g/mol. The number of hydrogen-bond donors (Lipinski definition) is 2. The van der Waals surface area contributed by atoms with Crippen LogP contribution in [-0.4, -0.2) is 18.7 Å². The van der Waals surface area contributed by atoms with Gasteiger partial charge in [0.15, 0.2) is 0 Å². The summed E-state index contributed by atoms with van der Waals surface area (Å²) in [4.78, 5) is 11.3. The van der Waals surface area contributed by atoms with Gasteiger partial charge in [0, 0.05) is 17.4 Å². The first kappa shape index (κ1) is 15.7. The van der Waals surface area contributed by atoms with E-state index < -0.39 is 6.09 Å². The van der Waals surface area contributed by atoms with E-state index in [1.54, 1.807) is 6.92 Å². The van der Waals surface area contributed by atoms with Crippen LogP contribution in [0.5, 0.6) is 0 Å². The van der Waals surface area contributed by atoms with Gasteiger partial charge in [-0.05, 0) is 56.9 Å². The molecular weight excluding hydrogens is 264 g/mol. The van der Waals surface area contributed by atoms with Crippen molar-refractivity contribution >= 4 is 17.5 Å². The zero-order valence-corrected chi connectivity index (χ0v) is 13.0. The van der Waals surface area contributed by atoms with Crippen molar-refractivity contribution in [3.05, 3.63) is 24.3 Å². The third-order valence-corrected chi connectivity index (χ3v) is 4.16. The Balaban J connectivity index is 1.85. The quantitative estimate of drug-likeness (QED) is 0.831. The van der Waals surface area contributed by atoms with E-state index in [4.69, 9.17) is 4.74 Å². The molecule has 4 nitrogen and oxygen atoms in total. The van der Waals surface area contributed by atoms with Gasteiger partial charge in [-0.15, -0.1) is 0 Å². The molecule has 1 aliphatic rings. The fraction of sp³-hybridized carbons (Fsp3) is 0.588. The van der Waals surface area contributed by atoms with Crippen molar-refractivity contribution in [1.82, 2.24) is 0 Å². The Kier molecular flexibility index (Phi) is 5.90. The Morgan fingerprint density at radius 1 is 1.19 bits per heavy atom. The number of anilines is 2. The highest BCUT2D eigenvalue weighted by atomic mass is 16.5. The Morgan fingerprint density at radius 3 is 2.43 bits per heavy atom. The number of amides is 1. The van der Waals surface area contributed by atoms with Crippen molar-refractivity contribution in [2.45, 2.75) is 52.0 Å². The Morgan fingerprint density at radius 2 is 1.81 bits per heavy atom. The second-order valence-corrected chi connectivity index (χ2v) is 5.75. The molecule has 4 heteroatoms. The predicted octanol–water partition coefficient (Wildman–Crippen LogP) is 4.64. The molecule has 1 aromatic rings. The first-order valence-corrected chi connectivity index (χ1v) is 7.99. The second kappa shape index (κ2) is 7.91. The molecule has 1 amide bonds. The van der Waals surface area contributed by atoms with Gasteiger partial charge in [-0.2, -0.15) is 0 Å². The van der Waals surface area contributed by atoms with E-state index in [1.165, 1.54) is 32.1 Å². The van der Waals surface area contributed by atoms with Gasteiger partial charge in [-0.3, -0.25) is 5.32 Å². The van der Waals surface area contributed by atoms with Crippen LogP contribution in [0.3, 0.4) is 0 Å². The number of benzene rings is 1. The molecule has 0 saturated heterocycles. The van der Waals surface area contributed by atoms with E-state index in [0.29, 0.717) is 12.6 Å². The maximum atomic E-state index is 11.3. The van der Waals surface area contributed by atoms with Crippen LogP contribution in [0.1, 0.15) is 46.0 Å². The summed E-state index contributed by atoms with van der Waals surface area (Å²) in [5, 5.41) is 6.27.